The van der Waals surface area contributed by atoms with Crippen molar-refractivity contribution >= 4 is 39.4 Å². The fourth-order valence-electron chi connectivity index (χ4n) is 2.73. The van der Waals surface area contributed by atoms with Gasteiger partial charge in [-0.3, -0.25) is 5.10 Å². The minimum atomic E-state index is -4.43. The predicted octanol–water partition coefficient (Wildman–Crippen LogP) is 6.13. The lowest BCUT2D eigenvalue weighted by atomic mass is 10.1. The molecule has 1 unspecified atom stereocenters. The molecule has 0 aliphatic carbocycles. The van der Waals surface area contributed by atoms with Crippen LogP contribution in [0.1, 0.15) is 6.92 Å². The Morgan fingerprint density at radius 2 is 1.83 bits per heavy atom. The Bertz CT molecular complexity index is 1140. The van der Waals surface area contributed by atoms with Crippen LogP contribution in [0, 0.1) is 0 Å². The lowest BCUT2D eigenvalue weighted by Crippen LogP contribution is -2.31. The Kier molecular flexibility index (Phi) is 5.90. The molecule has 2 aromatic heterocycles. The van der Waals surface area contributed by atoms with E-state index in [1.54, 1.807) is 18.5 Å². The van der Waals surface area contributed by atoms with Crippen molar-refractivity contribution in [1.82, 2.24) is 20.2 Å². The third-order valence-corrected chi connectivity index (χ3v) is 4.92. The highest BCUT2D eigenvalue weighted by Crippen LogP contribution is 2.34. The van der Waals surface area contributed by atoms with Crippen LogP contribution in [0.25, 0.3) is 33.5 Å². The number of imidazole rings is 1. The molecule has 2 heterocycles. The summed E-state index contributed by atoms with van der Waals surface area (Å²) in [6.07, 6.45) is -4.69. The van der Waals surface area contributed by atoms with Crippen molar-refractivity contribution in [2.75, 3.05) is 0 Å². The third-order valence-electron chi connectivity index (χ3n) is 4.30. The number of ether oxygens (including phenoxy) is 1. The van der Waals surface area contributed by atoms with Crippen LogP contribution < -0.4 is 4.74 Å². The Balaban J connectivity index is 0.00000240. The minimum absolute atomic E-state index is 0. The van der Waals surface area contributed by atoms with E-state index < -0.39 is 12.3 Å². The number of fused-ring (bicyclic) bond motifs is 1. The average Bonchev–Trinajstić information content (AvgIpc) is 3.31. The Morgan fingerprint density at radius 3 is 2.55 bits per heavy atom. The summed E-state index contributed by atoms with van der Waals surface area (Å²) in [5.74, 6) is 0.119. The standard InChI is InChI=1S/C19H14BrF3N4O.ClH/c1-10(19(21,22)23)28-18-5-3-11(6-13(18)20)15-8-16(27-26-15)12-2-4-14-17(7-12)25-9-24-14;/h2-10H,1H3,(H,24,25)(H,26,27);1H. The van der Waals surface area contributed by atoms with Gasteiger partial charge in [0, 0.05) is 11.1 Å². The predicted molar refractivity (Wildman–Crippen MR) is 110 cm³/mol. The molecule has 0 bridgehead atoms. The van der Waals surface area contributed by atoms with Crippen LogP contribution in [0.5, 0.6) is 5.75 Å². The maximum atomic E-state index is 12.7. The van der Waals surface area contributed by atoms with Gasteiger partial charge in [-0.25, -0.2) is 4.98 Å². The van der Waals surface area contributed by atoms with Crippen LogP contribution in [0.2, 0.25) is 0 Å². The number of aromatic nitrogens is 4. The first-order valence-electron chi connectivity index (χ1n) is 8.33. The van der Waals surface area contributed by atoms with Crippen LogP contribution in [0.4, 0.5) is 13.2 Å². The fourth-order valence-corrected chi connectivity index (χ4v) is 3.21. The summed E-state index contributed by atoms with van der Waals surface area (Å²) < 4.78 is 43.5. The van der Waals surface area contributed by atoms with Crippen molar-refractivity contribution in [2.45, 2.75) is 19.2 Å². The van der Waals surface area contributed by atoms with Gasteiger partial charge in [0.05, 0.1) is 33.2 Å². The Labute approximate surface area is 178 Å². The summed E-state index contributed by atoms with van der Waals surface area (Å²) in [6.45, 7) is 0.969. The number of aromatic amines is 2. The molecule has 10 heteroatoms. The number of nitrogens with one attached hydrogen (secondary N) is 2. The third kappa shape index (κ3) is 4.40. The van der Waals surface area contributed by atoms with E-state index in [0.717, 1.165) is 34.8 Å². The second-order valence-electron chi connectivity index (χ2n) is 6.25. The van der Waals surface area contributed by atoms with Gasteiger partial charge in [0.1, 0.15) is 5.75 Å². The van der Waals surface area contributed by atoms with Crippen molar-refractivity contribution < 1.29 is 17.9 Å². The minimum Gasteiger partial charge on any atom is -0.480 e. The van der Waals surface area contributed by atoms with Crippen LogP contribution in [-0.4, -0.2) is 32.4 Å². The lowest BCUT2D eigenvalue weighted by Gasteiger charge is -2.18. The second kappa shape index (κ2) is 8.08. The van der Waals surface area contributed by atoms with E-state index >= 15 is 0 Å². The molecule has 5 nitrogen and oxygen atoms in total. The van der Waals surface area contributed by atoms with E-state index in [0.29, 0.717) is 10.2 Å². The largest absolute Gasteiger partial charge is 0.480 e. The topological polar surface area (TPSA) is 66.6 Å². The molecule has 1 atom stereocenters. The molecule has 152 valence electrons. The molecule has 2 aromatic carbocycles. The molecular formula is C19H15BrClF3N4O. The molecule has 0 saturated carbocycles. The number of H-pyrrole nitrogens is 2. The molecule has 29 heavy (non-hydrogen) atoms. The van der Waals surface area contributed by atoms with Gasteiger partial charge in [0.15, 0.2) is 6.10 Å². The second-order valence-corrected chi connectivity index (χ2v) is 7.10. The zero-order chi connectivity index (χ0) is 19.9. The maximum absolute atomic E-state index is 12.7. The van der Waals surface area contributed by atoms with Gasteiger partial charge in [-0.2, -0.15) is 18.3 Å². The van der Waals surface area contributed by atoms with E-state index in [2.05, 4.69) is 36.1 Å². The number of hydrogen-bond acceptors (Lipinski definition) is 3. The van der Waals surface area contributed by atoms with Gasteiger partial charge in [0.25, 0.3) is 0 Å². The summed E-state index contributed by atoms with van der Waals surface area (Å²) >= 11 is 3.27. The van der Waals surface area contributed by atoms with Crippen molar-refractivity contribution in [2.24, 2.45) is 0 Å². The monoisotopic (exact) mass is 486 g/mol. The number of rotatable bonds is 4. The number of nitrogens with zero attached hydrogens (tertiary/aromatic N) is 2. The van der Waals surface area contributed by atoms with Gasteiger partial charge in [-0.05, 0) is 59.3 Å². The highest BCUT2D eigenvalue weighted by Gasteiger charge is 2.38. The maximum Gasteiger partial charge on any atom is 0.425 e. The van der Waals surface area contributed by atoms with Crippen LogP contribution in [0.15, 0.2) is 53.3 Å². The molecule has 4 aromatic rings. The quantitative estimate of drug-likeness (QED) is 0.364. The van der Waals surface area contributed by atoms with E-state index in [-0.39, 0.29) is 18.2 Å². The van der Waals surface area contributed by atoms with E-state index in [1.807, 2.05) is 24.3 Å². The molecule has 0 aliphatic rings. The van der Waals surface area contributed by atoms with Gasteiger partial charge in [-0.15, -0.1) is 12.4 Å². The molecule has 0 fully saturated rings. The normalized spacial score (nSPS) is 12.6. The smallest absolute Gasteiger partial charge is 0.425 e. The summed E-state index contributed by atoms with van der Waals surface area (Å²) in [7, 11) is 0. The van der Waals surface area contributed by atoms with Crippen LogP contribution in [0.3, 0.4) is 0 Å². The Hall–Kier alpha value is -2.52. The van der Waals surface area contributed by atoms with Crippen molar-refractivity contribution in [3.05, 3.63) is 53.3 Å². The molecule has 0 radical (unpaired) electrons. The highest BCUT2D eigenvalue weighted by atomic mass is 79.9. The number of halogens is 5. The molecule has 0 amide bonds. The zero-order valence-electron chi connectivity index (χ0n) is 14.9. The van der Waals surface area contributed by atoms with Gasteiger partial charge >= 0.3 is 6.18 Å². The average molecular weight is 488 g/mol. The zero-order valence-corrected chi connectivity index (χ0v) is 17.3. The number of alkyl halides is 3. The SMILES string of the molecule is CC(Oc1ccc(-c2cc(-c3ccc4nc[nH]c4c3)[nH]n2)cc1Br)C(F)(F)F.Cl. The van der Waals surface area contributed by atoms with Crippen molar-refractivity contribution in [3.63, 3.8) is 0 Å². The van der Waals surface area contributed by atoms with Crippen LogP contribution in [-0.2, 0) is 0 Å². The summed E-state index contributed by atoms with van der Waals surface area (Å²) in [6, 6.07) is 12.5. The number of hydrogen-bond donors (Lipinski definition) is 2. The summed E-state index contributed by atoms with van der Waals surface area (Å²) in [4.78, 5) is 7.25. The Morgan fingerprint density at radius 1 is 1.07 bits per heavy atom. The fraction of sp³-hybridized carbons (Fsp3) is 0.158. The lowest BCUT2D eigenvalue weighted by molar-refractivity contribution is -0.189. The molecule has 0 saturated heterocycles. The summed E-state index contributed by atoms with van der Waals surface area (Å²) in [5.41, 5.74) is 4.94. The molecule has 2 N–H and O–H groups in total. The van der Waals surface area contributed by atoms with Crippen molar-refractivity contribution in [3.8, 4) is 28.3 Å². The first-order chi connectivity index (χ1) is 13.3. The number of benzene rings is 2. The van der Waals surface area contributed by atoms with Crippen LogP contribution >= 0.6 is 28.3 Å². The molecule has 4 rings (SSSR count). The molecule has 0 spiro atoms. The van der Waals surface area contributed by atoms with E-state index in [1.165, 1.54) is 6.07 Å². The first-order valence-corrected chi connectivity index (χ1v) is 9.13. The molecular weight excluding hydrogens is 473 g/mol. The first kappa shape index (κ1) is 21.2. The summed E-state index contributed by atoms with van der Waals surface area (Å²) in [5, 5.41) is 7.29. The molecule has 0 aliphatic heterocycles. The van der Waals surface area contributed by atoms with Gasteiger partial charge in [0.2, 0.25) is 0 Å². The highest BCUT2D eigenvalue weighted by molar-refractivity contribution is 9.10. The van der Waals surface area contributed by atoms with Crippen molar-refractivity contribution in [1.29, 1.82) is 0 Å². The van der Waals surface area contributed by atoms with Gasteiger partial charge < -0.3 is 9.72 Å². The van der Waals surface area contributed by atoms with Gasteiger partial charge in [-0.1, -0.05) is 6.07 Å². The van der Waals surface area contributed by atoms with E-state index in [9.17, 15) is 13.2 Å². The van der Waals surface area contributed by atoms with E-state index in [4.69, 9.17) is 4.74 Å².